The van der Waals surface area contributed by atoms with Crippen molar-refractivity contribution in [3.8, 4) is 0 Å². The van der Waals surface area contributed by atoms with Crippen LogP contribution in [0.3, 0.4) is 0 Å². The van der Waals surface area contributed by atoms with Crippen molar-refractivity contribution in [2.75, 3.05) is 18.4 Å². The number of furan rings is 1. The van der Waals surface area contributed by atoms with Crippen molar-refractivity contribution >= 4 is 17.5 Å². The lowest BCUT2D eigenvalue weighted by Crippen LogP contribution is -2.43. The largest absolute Gasteiger partial charge is 0.472 e. The Morgan fingerprint density at radius 1 is 1.26 bits per heavy atom. The highest BCUT2D eigenvalue weighted by Gasteiger charge is 2.29. The number of nitrogens with zero attached hydrogens (tertiary/aromatic N) is 1. The first kappa shape index (κ1) is 15.3. The molecular weight excluding hydrogens is 299 g/mol. The molecule has 0 saturated carbocycles. The van der Waals surface area contributed by atoms with Crippen molar-refractivity contribution in [3.63, 3.8) is 0 Å². The molecule has 120 valence electrons. The highest BCUT2D eigenvalue weighted by Crippen LogP contribution is 2.21. The first-order valence-corrected chi connectivity index (χ1v) is 7.52. The number of amides is 2. The summed E-state index contributed by atoms with van der Waals surface area (Å²) in [7, 11) is 0. The summed E-state index contributed by atoms with van der Waals surface area (Å²) in [6.45, 7) is 0.928. The second-order valence-electron chi connectivity index (χ2n) is 5.57. The van der Waals surface area contributed by atoms with Gasteiger partial charge < -0.3 is 14.6 Å². The minimum atomic E-state index is -0.469. The third-order valence-corrected chi connectivity index (χ3v) is 3.98. The van der Waals surface area contributed by atoms with Gasteiger partial charge in [-0.2, -0.15) is 0 Å². The molecule has 1 N–H and O–H groups in total. The van der Waals surface area contributed by atoms with E-state index in [1.54, 1.807) is 23.1 Å². The van der Waals surface area contributed by atoms with Gasteiger partial charge in [0.15, 0.2) is 0 Å². The van der Waals surface area contributed by atoms with E-state index in [1.165, 1.54) is 24.7 Å². The van der Waals surface area contributed by atoms with Gasteiger partial charge in [-0.15, -0.1) is 0 Å². The fourth-order valence-corrected chi connectivity index (χ4v) is 2.74. The quantitative estimate of drug-likeness (QED) is 0.947. The lowest BCUT2D eigenvalue weighted by atomic mass is 9.96. The number of carbonyl (C=O) groups is 2. The molecule has 23 heavy (non-hydrogen) atoms. The van der Waals surface area contributed by atoms with Gasteiger partial charge in [-0.25, -0.2) is 4.39 Å². The molecule has 2 aromatic rings. The van der Waals surface area contributed by atoms with Crippen LogP contribution in [0.4, 0.5) is 10.1 Å². The average Bonchev–Trinajstić information content (AvgIpc) is 3.11. The predicted octanol–water partition coefficient (Wildman–Crippen LogP) is 2.91. The molecule has 0 aliphatic carbocycles. The third kappa shape index (κ3) is 3.41. The van der Waals surface area contributed by atoms with Gasteiger partial charge in [0.05, 0.1) is 23.4 Å². The molecule has 1 aliphatic rings. The topological polar surface area (TPSA) is 62.6 Å². The first-order valence-electron chi connectivity index (χ1n) is 7.52. The van der Waals surface area contributed by atoms with Crippen LogP contribution in [0.1, 0.15) is 23.2 Å². The van der Waals surface area contributed by atoms with Crippen LogP contribution in [-0.2, 0) is 4.79 Å². The van der Waals surface area contributed by atoms with Crippen LogP contribution in [0.5, 0.6) is 0 Å². The van der Waals surface area contributed by atoms with Crippen LogP contribution in [0.25, 0.3) is 0 Å². The van der Waals surface area contributed by atoms with E-state index in [1.807, 2.05) is 0 Å². The summed E-state index contributed by atoms with van der Waals surface area (Å²) in [6, 6.07) is 7.65. The Kier molecular flexibility index (Phi) is 4.41. The number of hydrogen-bond acceptors (Lipinski definition) is 3. The van der Waals surface area contributed by atoms with E-state index >= 15 is 0 Å². The molecular formula is C17H17FN2O3. The van der Waals surface area contributed by atoms with Gasteiger partial charge in [0.25, 0.3) is 5.91 Å². The standard InChI is InChI=1S/C17H17FN2O3/c18-14-5-1-2-6-15(14)19-16(21)12-4-3-8-20(10-12)17(22)13-7-9-23-11-13/h1-2,5-7,9,11-12H,3-4,8,10H2,(H,19,21). The molecule has 1 aromatic heterocycles. The summed E-state index contributed by atoms with van der Waals surface area (Å²) in [4.78, 5) is 26.3. The fraction of sp³-hybridized carbons (Fsp3) is 0.294. The molecule has 6 heteroatoms. The van der Waals surface area contributed by atoms with Gasteiger partial charge >= 0.3 is 0 Å². The molecule has 1 aliphatic heterocycles. The molecule has 1 unspecified atom stereocenters. The van der Waals surface area contributed by atoms with Gasteiger partial charge in [0.1, 0.15) is 12.1 Å². The van der Waals surface area contributed by atoms with Crippen LogP contribution in [0, 0.1) is 11.7 Å². The summed E-state index contributed by atoms with van der Waals surface area (Å²) in [6.07, 6.45) is 4.25. The normalized spacial score (nSPS) is 17.8. The summed E-state index contributed by atoms with van der Waals surface area (Å²) in [5, 5.41) is 2.60. The maximum Gasteiger partial charge on any atom is 0.257 e. The Labute approximate surface area is 133 Å². The second-order valence-corrected chi connectivity index (χ2v) is 5.57. The number of benzene rings is 1. The number of piperidine rings is 1. The maximum absolute atomic E-state index is 13.6. The van der Waals surface area contributed by atoms with Crippen molar-refractivity contribution in [2.45, 2.75) is 12.8 Å². The van der Waals surface area contributed by atoms with Crippen LogP contribution < -0.4 is 5.32 Å². The Hall–Kier alpha value is -2.63. The number of para-hydroxylation sites is 1. The number of likely N-dealkylation sites (tertiary alicyclic amines) is 1. The van der Waals surface area contributed by atoms with Gasteiger partial charge in [0, 0.05) is 13.1 Å². The van der Waals surface area contributed by atoms with E-state index in [4.69, 9.17) is 4.42 Å². The Balaban J connectivity index is 1.65. The van der Waals surface area contributed by atoms with Gasteiger partial charge in [-0.05, 0) is 31.0 Å². The minimum Gasteiger partial charge on any atom is -0.472 e. The van der Waals surface area contributed by atoms with Gasteiger partial charge in [-0.3, -0.25) is 9.59 Å². The Morgan fingerprint density at radius 3 is 2.83 bits per heavy atom. The Bertz CT molecular complexity index is 700. The van der Waals surface area contributed by atoms with Crippen molar-refractivity contribution in [1.82, 2.24) is 4.90 Å². The lowest BCUT2D eigenvalue weighted by molar-refractivity contribution is -0.121. The van der Waals surface area contributed by atoms with Crippen molar-refractivity contribution in [3.05, 3.63) is 54.2 Å². The SMILES string of the molecule is O=C(Nc1ccccc1F)C1CCCN(C(=O)c2ccoc2)C1. The average molecular weight is 316 g/mol. The predicted molar refractivity (Wildman–Crippen MR) is 82.4 cm³/mol. The van der Waals surface area contributed by atoms with Crippen molar-refractivity contribution in [1.29, 1.82) is 0 Å². The fourth-order valence-electron chi connectivity index (χ4n) is 2.74. The summed E-state index contributed by atoms with van der Waals surface area (Å²) < 4.78 is 18.5. The molecule has 1 atom stereocenters. The summed E-state index contributed by atoms with van der Waals surface area (Å²) >= 11 is 0. The molecule has 2 amide bonds. The number of carbonyl (C=O) groups excluding carboxylic acids is 2. The summed E-state index contributed by atoms with van der Waals surface area (Å²) in [5.41, 5.74) is 0.635. The van der Waals surface area contributed by atoms with E-state index in [-0.39, 0.29) is 23.4 Å². The van der Waals surface area contributed by atoms with E-state index in [0.717, 1.165) is 6.42 Å². The third-order valence-electron chi connectivity index (χ3n) is 3.98. The molecule has 0 spiro atoms. The molecule has 5 nitrogen and oxygen atoms in total. The zero-order valence-corrected chi connectivity index (χ0v) is 12.5. The lowest BCUT2D eigenvalue weighted by Gasteiger charge is -2.31. The van der Waals surface area contributed by atoms with Gasteiger partial charge in [-0.1, -0.05) is 12.1 Å². The highest BCUT2D eigenvalue weighted by molar-refractivity contribution is 5.96. The number of rotatable bonds is 3. The number of halogens is 1. The van der Waals surface area contributed by atoms with E-state index in [2.05, 4.69) is 5.32 Å². The smallest absolute Gasteiger partial charge is 0.257 e. The minimum absolute atomic E-state index is 0.151. The zero-order chi connectivity index (χ0) is 16.2. The zero-order valence-electron chi connectivity index (χ0n) is 12.5. The second kappa shape index (κ2) is 6.64. The molecule has 1 saturated heterocycles. The number of hydrogen-bond donors (Lipinski definition) is 1. The molecule has 1 aromatic carbocycles. The maximum atomic E-state index is 13.6. The van der Waals surface area contributed by atoms with E-state index in [9.17, 15) is 14.0 Å². The molecule has 2 heterocycles. The molecule has 1 fully saturated rings. The van der Waals surface area contributed by atoms with E-state index in [0.29, 0.717) is 25.1 Å². The molecule has 0 radical (unpaired) electrons. The monoisotopic (exact) mass is 316 g/mol. The van der Waals surface area contributed by atoms with Crippen LogP contribution in [0.15, 0.2) is 47.3 Å². The Morgan fingerprint density at radius 2 is 2.09 bits per heavy atom. The van der Waals surface area contributed by atoms with E-state index < -0.39 is 5.82 Å². The van der Waals surface area contributed by atoms with Crippen LogP contribution in [0.2, 0.25) is 0 Å². The van der Waals surface area contributed by atoms with Gasteiger partial charge in [0.2, 0.25) is 5.91 Å². The first-order chi connectivity index (χ1) is 11.1. The number of anilines is 1. The molecule has 3 rings (SSSR count). The number of nitrogens with one attached hydrogen (secondary N) is 1. The van der Waals surface area contributed by atoms with Crippen molar-refractivity contribution in [2.24, 2.45) is 5.92 Å². The highest BCUT2D eigenvalue weighted by atomic mass is 19.1. The van der Waals surface area contributed by atoms with Crippen LogP contribution in [-0.4, -0.2) is 29.8 Å². The summed E-state index contributed by atoms with van der Waals surface area (Å²) in [5.74, 6) is -1.23. The van der Waals surface area contributed by atoms with Crippen molar-refractivity contribution < 1.29 is 18.4 Å². The molecule has 0 bridgehead atoms. The van der Waals surface area contributed by atoms with Crippen LogP contribution >= 0.6 is 0 Å².